The van der Waals surface area contributed by atoms with Crippen LogP contribution in [0.1, 0.15) is 0 Å². The van der Waals surface area contributed by atoms with Crippen molar-refractivity contribution in [2.75, 3.05) is 11.5 Å². The van der Waals surface area contributed by atoms with Gasteiger partial charge < -0.3 is 15.9 Å². The molecule has 15 heavy (non-hydrogen) atoms. The fraction of sp³-hybridized carbons (Fsp3) is 0. The van der Waals surface area contributed by atoms with Gasteiger partial charge in [0.15, 0.2) is 0 Å². The molecular weight excluding hydrogens is 235 g/mol. The molecule has 0 fully saturated rings. The number of anilines is 2. The molecule has 5 heteroatoms. The zero-order valence-electron chi connectivity index (χ0n) is 7.84. The molecule has 4 N–H and O–H groups in total. The highest BCUT2D eigenvalue weighted by Gasteiger charge is 2.04. The molecule has 0 radical (unpaired) electrons. The summed E-state index contributed by atoms with van der Waals surface area (Å²) in [4.78, 5) is 0. The number of nitrogens with two attached hydrogens (primary N) is 2. The molecule has 1 aromatic carbocycles. The van der Waals surface area contributed by atoms with Gasteiger partial charge in [-0.05, 0) is 30.3 Å². The standard InChI is InChI=1S/C10H10N2O.2ClH/c11-7-3-4-9(12)8(6-7)10-2-1-5-13-10;;/h1-6H,11-12H2;2*1H. The lowest BCUT2D eigenvalue weighted by Gasteiger charge is -2.02. The summed E-state index contributed by atoms with van der Waals surface area (Å²) in [5.74, 6) is 0.741. The van der Waals surface area contributed by atoms with Crippen molar-refractivity contribution in [1.82, 2.24) is 0 Å². The summed E-state index contributed by atoms with van der Waals surface area (Å²) in [6.07, 6.45) is 1.61. The minimum atomic E-state index is 0. The molecule has 0 spiro atoms. The molecule has 1 aromatic heterocycles. The number of halogens is 2. The third-order valence-electron chi connectivity index (χ3n) is 1.86. The van der Waals surface area contributed by atoms with Crippen LogP contribution >= 0.6 is 24.8 Å². The number of hydrogen-bond donors (Lipinski definition) is 2. The van der Waals surface area contributed by atoms with Crippen molar-refractivity contribution in [1.29, 1.82) is 0 Å². The van der Waals surface area contributed by atoms with Gasteiger partial charge in [0.2, 0.25) is 0 Å². The first-order chi connectivity index (χ1) is 6.27. The molecule has 82 valence electrons. The van der Waals surface area contributed by atoms with Crippen molar-refractivity contribution in [3.05, 3.63) is 36.6 Å². The summed E-state index contributed by atoms with van der Waals surface area (Å²) in [7, 11) is 0. The maximum atomic E-state index is 5.77. The van der Waals surface area contributed by atoms with Gasteiger partial charge in [-0.15, -0.1) is 24.8 Å². The molecule has 0 aliphatic rings. The van der Waals surface area contributed by atoms with E-state index in [4.69, 9.17) is 15.9 Å². The lowest BCUT2D eigenvalue weighted by Crippen LogP contribution is -1.91. The van der Waals surface area contributed by atoms with E-state index in [0.29, 0.717) is 11.4 Å². The summed E-state index contributed by atoms with van der Waals surface area (Å²) >= 11 is 0. The number of rotatable bonds is 1. The highest BCUT2D eigenvalue weighted by atomic mass is 35.5. The fourth-order valence-corrected chi connectivity index (χ4v) is 1.22. The molecule has 2 aromatic rings. The lowest BCUT2D eigenvalue weighted by molar-refractivity contribution is 0.582. The average molecular weight is 247 g/mol. The van der Waals surface area contributed by atoms with Crippen molar-refractivity contribution in [3.63, 3.8) is 0 Å². The van der Waals surface area contributed by atoms with Crippen LogP contribution in [0.5, 0.6) is 0 Å². The molecule has 0 aliphatic heterocycles. The molecule has 0 atom stereocenters. The van der Waals surface area contributed by atoms with E-state index < -0.39 is 0 Å². The molecule has 0 amide bonds. The van der Waals surface area contributed by atoms with Crippen LogP contribution in [0.3, 0.4) is 0 Å². The Hall–Kier alpha value is -1.32. The van der Waals surface area contributed by atoms with Gasteiger partial charge in [-0.25, -0.2) is 0 Å². The van der Waals surface area contributed by atoms with Crippen molar-refractivity contribution >= 4 is 36.2 Å². The van der Waals surface area contributed by atoms with Gasteiger partial charge in [-0.1, -0.05) is 0 Å². The van der Waals surface area contributed by atoms with Crippen LogP contribution in [0.4, 0.5) is 11.4 Å². The molecule has 1 heterocycles. The fourth-order valence-electron chi connectivity index (χ4n) is 1.22. The van der Waals surface area contributed by atoms with E-state index in [-0.39, 0.29) is 24.8 Å². The normalized spacial score (nSPS) is 8.80. The topological polar surface area (TPSA) is 65.2 Å². The maximum absolute atomic E-state index is 5.77. The van der Waals surface area contributed by atoms with Crippen molar-refractivity contribution in [3.8, 4) is 11.3 Å². The van der Waals surface area contributed by atoms with Crippen LogP contribution in [0, 0.1) is 0 Å². The van der Waals surface area contributed by atoms with Crippen LogP contribution in [0.15, 0.2) is 41.0 Å². The van der Waals surface area contributed by atoms with Crippen molar-refractivity contribution in [2.45, 2.75) is 0 Å². The Morgan fingerprint density at radius 1 is 1.00 bits per heavy atom. The number of benzene rings is 1. The Balaban J connectivity index is 0.000000980. The van der Waals surface area contributed by atoms with E-state index >= 15 is 0 Å². The quantitative estimate of drug-likeness (QED) is 0.761. The Morgan fingerprint density at radius 2 is 1.73 bits per heavy atom. The van der Waals surface area contributed by atoms with Gasteiger partial charge in [0, 0.05) is 16.9 Å². The third kappa shape index (κ3) is 2.81. The van der Waals surface area contributed by atoms with Crippen LogP contribution in [0.2, 0.25) is 0 Å². The first-order valence-electron chi connectivity index (χ1n) is 3.96. The van der Waals surface area contributed by atoms with E-state index in [0.717, 1.165) is 11.3 Å². The second kappa shape index (κ2) is 5.53. The summed E-state index contributed by atoms with van der Waals surface area (Å²) in [6, 6.07) is 9.01. The summed E-state index contributed by atoms with van der Waals surface area (Å²) in [5.41, 5.74) is 13.6. The van der Waals surface area contributed by atoms with Crippen LogP contribution in [-0.4, -0.2) is 0 Å². The van der Waals surface area contributed by atoms with Crippen molar-refractivity contribution in [2.24, 2.45) is 0 Å². The van der Waals surface area contributed by atoms with E-state index in [1.807, 2.05) is 12.1 Å². The monoisotopic (exact) mass is 246 g/mol. The second-order valence-electron chi connectivity index (χ2n) is 2.82. The molecule has 0 saturated carbocycles. The Kier molecular flexibility index (Phi) is 5.05. The average Bonchev–Trinajstić information content (AvgIpc) is 2.61. The van der Waals surface area contributed by atoms with E-state index in [1.165, 1.54) is 0 Å². The first-order valence-corrected chi connectivity index (χ1v) is 3.96. The number of furan rings is 1. The molecule has 2 rings (SSSR count). The van der Waals surface area contributed by atoms with Gasteiger partial charge >= 0.3 is 0 Å². The highest BCUT2D eigenvalue weighted by molar-refractivity contribution is 5.85. The van der Waals surface area contributed by atoms with Gasteiger partial charge in [0.1, 0.15) is 5.76 Å². The van der Waals surface area contributed by atoms with Crippen LogP contribution in [-0.2, 0) is 0 Å². The SMILES string of the molecule is Cl.Cl.Nc1ccc(N)c(-c2ccco2)c1. The lowest BCUT2D eigenvalue weighted by atomic mass is 10.1. The minimum Gasteiger partial charge on any atom is -0.464 e. The largest absolute Gasteiger partial charge is 0.464 e. The second-order valence-corrected chi connectivity index (χ2v) is 2.82. The number of hydrogen-bond acceptors (Lipinski definition) is 3. The highest BCUT2D eigenvalue weighted by Crippen LogP contribution is 2.27. The van der Waals surface area contributed by atoms with Crippen LogP contribution < -0.4 is 11.5 Å². The van der Waals surface area contributed by atoms with E-state index in [9.17, 15) is 0 Å². The van der Waals surface area contributed by atoms with Gasteiger partial charge in [0.25, 0.3) is 0 Å². The van der Waals surface area contributed by atoms with Crippen molar-refractivity contribution < 1.29 is 4.42 Å². The summed E-state index contributed by atoms with van der Waals surface area (Å²) in [6.45, 7) is 0. The predicted octanol–water partition coefficient (Wildman–Crippen LogP) is 2.95. The maximum Gasteiger partial charge on any atom is 0.135 e. The van der Waals surface area contributed by atoms with Gasteiger partial charge in [-0.3, -0.25) is 0 Å². The zero-order chi connectivity index (χ0) is 9.26. The Labute approximate surface area is 100 Å². The molecule has 3 nitrogen and oxygen atoms in total. The Morgan fingerprint density at radius 3 is 2.33 bits per heavy atom. The van der Waals surface area contributed by atoms with Gasteiger partial charge in [-0.2, -0.15) is 0 Å². The predicted molar refractivity (Wildman–Crippen MR) is 67.5 cm³/mol. The minimum absolute atomic E-state index is 0. The van der Waals surface area contributed by atoms with E-state index in [1.54, 1.807) is 24.5 Å². The molecule has 0 saturated heterocycles. The van der Waals surface area contributed by atoms with E-state index in [2.05, 4.69) is 0 Å². The Bertz CT molecular complexity index is 415. The first kappa shape index (κ1) is 13.7. The van der Waals surface area contributed by atoms with Crippen LogP contribution in [0.25, 0.3) is 11.3 Å². The molecule has 0 bridgehead atoms. The molecule has 0 unspecified atom stereocenters. The smallest absolute Gasteiger partial charge is 0.135 e. The zero-order valence-corrected chi connectivity index (χ0v) is 9.48. The van der Waals surface area contributed by atoms with Gasteiger partial charge in [0.05, 0.1) is 6.26 Å². The molecule has 0 aliphatic carbocycles. The third-order valence-corrected chi connectivity index (χ3v) is 1.86. The molecular formula is C10H12Cl2N2O. The summed E-state index contributed by atoms with van der Waals surface area (Å²) < 4.78 is 5.22. The number of nitrogen functional groups attached to an aromatic ring is 2. The summed E-state index contributed by atoms with van der Waals surface area (Å²) in [5, 5.41) is 0.